The average molecular weight is 254 g/mol. The van der Waals surface area contributed by atoms with Crippen LogP contribution < -0.4 is 10.6 Å². The van der Waals surface area contributed by atoms with Gasteiger partial charge in [0.2, 0.25) is 11.8 Å². The van der Waals surface area contributed by atoms with E-state index in [1.54, 1.807) is 0 Å². The molecule has 2 amide bonds. The van der Waals surface area contributed by atoms with E-state index in [4.69, 9.17) is 0 Å². The van der Waals surface area contributed by atoms with Crippen LogP contribution in [0.3, 0.4) is 0 Å². The van der Waals surface area contributed by atoms with Crippen LogP contribution in [0, 0.1) is 0 Å². The Balaban J connectivity index is 1.98. The first-order valence-electron chi connectivity index (χ1n) is 6.64. The van der Waals surface area contributed by atoms with Gasteiger partial charge >= 0.3 is 0 Å². The van der Waals surface area contributed by atoms with Gasteiger partial charge in [-0.3, -0.25) is 14.5 Å². The molecule has 18 heavy (non-hydrogen) atoms. The van der Waals surface area contributed by atoms with Crippen molar-refractivity contribution >= 4 is 11.8 Å². The molecular formula is C12H22N4O2. The Labute approximate surface area is 108 Å². The number of hydrogen-bond acceptors (Lipinski definition) is 4. The van der Waals surface area contributed by atoms with Crippen molar-refractivity contribution in [1.82, 2.24) is 20.4 Å². The van der Waals surface area contributed by atoms with Crippen molar-refractivity contribution in [2.75, 3.05) is 39.3 Å². The predicted octanol–water partition coefficient (Wildman–Crippen LogP) is -1.37. The molecule has 0 aromatic heterocycles. The summed E-state index contributed by atoms with van der Waals surface area (Å²) < 4.78 is 0. The summed E-state index contributed by atoms with van der Waals surface area (Å²) >= 11 is 0. The summed E-state index contributed by atoms with van der Waals surface area (Å²) in [4.78, 5) is 27.9. The number of piperazine rings is 2. The molecule has 6 heteroatoms. The Morgan fingerprint density at radius 1 is 1.28 bits per heavy atom. The molecule has 2 heterocycles. The lowest BCUT2D eigenvalue weighted by atomic mass is 10.1. The van der Waals surface area contributed by atoms with Gasteiger partial charge in [-0.25, -0.2) is 0 Å². The van der Waals surface area contributed by atoms with Crippen molar-refractivity contribution in [3.63, 3.8) is 0 Å². The van der Waals surface area contributed by atoms with E-state index < -0.39 is 0 Å². The molecule has 2 unspecified atom stereocenters. The van der Waals surface area contributed by atoms with E-state index in [1.165, 1.54) is 0 Å². The first kappa shape index (κ1) is 13.3. The highest BCUT2D eigenvalue weighted by Gasteiger charge is 2.34. The Kier molecular flexibility index (Phi) is 4.19. The van der Waals surface area contributed by atoms with Crippen LogP contribution in [0.5, 0.6) is 0 Å². The fourth-order valence-corrected chi connectivity index (χ4v) is 2.62. The van der Waals surface area contributed by atoms with E-state index in [0.29, 0.717) is 6.54 Å². The van der Waals surface area contributed by atoms with Crippen molar-refractivity contribution in [2.45, 2.75) is 25.9 Å². The third-order valence-electron chi connectivity index (χ3n) is 3.83. The van der Waals surface area contributed by atoms with Gasteiger partial charge in [0.1, 0.15) is 0 Å². The summed E-state index contributed by atoms with van der Waals surface area (Å²) in [5, 5.41) is 6.05. The Bertz CT molecular complexity index is 328. The van der Waals surface area contributed by atoms with E-state index in [0.717, 1.165) is 32.7 Å². The summed E-state index contributed by atoms with van der Waals surface area (Å²) in [6, 6.07) is -0.440. The zero-order valence-corrected chi connectivity index (χ0v) is 11.1. The molecule has 2 N–H and O–H groups in total. The van der Waals surface area contributed by atoms with Gasteiger partial charge in [0.15, 0.2) is 0 Å². The van der Waals surface area contributed by atoms with Gasteiger partial charge in [-0.05, 0) is 13.8 Å². The second kappa shape index (κ2) is 5.67. The van der Waals surface area contributed by atoms with Crippen molar-refractivity contribution < 1.29 is 9.59 Å². The first-order valence-corrected chi connectivity index (χ1v) is 6.64. The first-order chi connectivity index (χ1) is 8.61. The summed E-state index contributed by atoms with van der Waals surface area (Å²) in [6.07, 6.45) is 0. The Morgan fingerprint density at radius 3 is 2.61 bits per heavy atom. The lowest BCUT2D eigenvalue weighted by Crippen LogP contribution is -2.61. The van der Waals surface area contributed by atoms with Crippen LogP contribution in [-0.4, -0.2) is 73.0 Å². The third kappa shape index (κ3) is 2.64. The smallest absolute Gasteiger partial charge is 0.239 e. The van der Waals surface area contributed by atoms with Gasteiger partial charge in [-0.1, -0.05) is 0 Å². The number of carbonyl (C=O) groups excluding carboxylic acids is 2. The molecule has 0 aliphatic carbocycles. The maximum atomic E-state index is 12.4. The molecule has 2 aliphatic heterocycles. The number of hydrogen-bond donors (Lipinski definition) is 2. The number of amides is 2. The molecule has 0 radical (unpaired) electrons. The molecule has 2 rings (SSSR count). The average Bonchev–Trinajstić information content (AvgIpc) is 2.41. The van der Waals surface area contributed by atoms with Crippen LogP contribution in [0.1, 0.15) is 13.8 Å². The Morgan fingerprint density at radius 2 is 1.94 bits per heavy atom. The molecule has 0 spiro atoms. The van der Waals surface area contributed by atoms with Gasteiger partial charge in [0.25, 0.3) is 0 Å². The van der Waals surface area contributed by atoms with E-state index in [-0.39, 0.29) is 23.9 Å². The monoisotopic (exact) mass is 254 g/mol. The number of rotatable bonds is 2. The van der Waals surface area contributed by atoms with Crippen molar-refractivity contribution in [2.24, 2.45) is 0 Å². The van der Waals surface area contributed by atoms with E-state index >= 15 is 0 Å². The molecule has 2 fully saturated rings. The SMILES string of the molecule is CC1C(=O)NCCN1C(C)C(=O)N1CCNCC1. The second-order valence-electron chi connectivity index (χ2n) is 4.96. The summed E-state index contributed by atoms with van der Waals surface area (Å²) in [5.74, 6) is 0.152. The van der Waals surface area contributed by atoms with Crippen molar-refractivity contribution in [3.05, 3.63) is 0 Å². The fraction of sp³-hybridized carbons (Fsp3) is 0.833. The zero-order chi connectivity index (χ0) is 13.1. The van der Waals surface area contributed by atoms with E-state index in [1.807, 2.05) is 23.6 Å². The van der Waals surface area contributed by atoms with E-state index in [2.05, 4.69) is 10.6 Å². The molecule has 6 nitrogen and oxygen atoms in total. The normalized spacial score (nSPS) is 27.8. The summed E-state index contributed by atoms with van der Waals surface area (Å²) in [5.41, 5.74) is 0. The van der Waals surface area contributed by atoms with Gasteiger partial charge in [0.05, 0.1) is 12.1 Å². The van der Waals surface area contributed by atoms with E-state index in [9.17, 15) is 9.59 Å². The molecule has 0 aromatic carbocycles. The molecule has 2 saturated heterocycles. The van der Waals surface area contributed by atoms with Gasteiger partial charge < -0.3 is 15.5 Å². The number of carbonyl (C=O) groups is 2. The highest BCUT2D eigenvalue weighted by atomic mass is 16.2. The molecule has 0 aromatic rings. The molecule has 2 aliphatic rings. The summed E-state index contributed by atoms with van der Waals surface area (Å²) in [6.45, 7) is 8.36. The van der Waals surface area contributed by atoms with Gasteiger partial charge in [-0.2, -0.15) is 0 Å². The van der Waals surface area contributed by atoms with Crippen molar-refractivity contribution in [1.29, 1.82) is 0 Å². The van der Waals surface area contributed by atoms with Crippen LogP contribution in [-0.2, 0) is 9.59 Å². The van der Waals surface area contributed by atoms with Gasteiger partial charge in [-0.15, -0.1) is 0 Å². The molecule has 102 valence electrons. The number of nitrogens with one attached hydrogen (secondary N) is 2. The molecular weight excluding hydrogens is 232 g/mol. The molecule has 2 atom stereocenters. The lowest BCUT2D eigenvalue weighted by molar-refractivity contribution is -0.141. The van der Waals surface area contributed by atoms with Crippen LogP contribution in [0.25, 0.3) is 0 Å². The minimum atomic E-state index is -0.222. The van der Waals surface area contributed by atoms with Crippen LogP contribution in [0.15, 0.2) is 0 Å². The second-order valence-corrected chi connectivity index (χ2v) is 4.96. The minimum Gasteiger partial charge on any atom is -0.353 e. The molecule has 0 saturated carbocycles. The predicted molar refractivity (Wildman–Crippen MR) is 68.1 cm³/mol. The van der Waals surface area contributed by atoms with Crippen LogP contribution in [0.2, 0.25) is 0 Å². The van der Waals surface area contributed by atoms with Gasteiger partial charge in [0, 0.05) is 39.3 Å². The fourth-order valence-electron chi connectivity index (χ4n) is 2.62. The molecule has 0 bridgehead atoms. The lowest BCUT2D eigenvalue weighted by Gasteiger charge is -2.39. The maximum absolute atomic E-state index is 12.4. The largest absolute Gasteiger partial charge is 0.353 e. The minimum absolute atomic E-state index is 0.0150. The topological polar surface area (TPSA) is 64.7 Å². The maximum Gasteiger partial charge on any atom is 0.239 e. The third-order valence-corrected chi connectivity index (χ3v) is 3.83. The van der Waals surface area contributed by atoms with Crippen LogP contribution >= 0.6 is 0 Å². The highest BCUT2D eigenvalue weighted by Crippen LogP contribution is 2.12. The van der Waals surface area contributed by atoms with Crippen LogP contribution in [0.4, 0.5) is 0 Å². The standard InChI is InChI=1S/C12H22N4O2/c1-9-11(17)14-5-8-16(9)10(2)12(18)15-6-3-13-4-7-15/h9-10,13H,3-8H2,1-2H3,(H,14,17). The highest BCUT2D eigenvalue weighted by molar-refractivity contribution is 5.85. The zero-order valence-electron chi connectivity index (χ0n) is 11.1. The number of nitrogens with zero attached hydrogens (tertiary/aromatic N) is 2. The quantitative estimate of drug-likeness (QED) is 0.638. The summed E-state index contributed by atoms with van der Waals surface area (Å²) in [7, 11) is 0. The Hall–Kier alpha value is -1.14. The van der Waals surface area contributed by atoms with Crippen molar-refractivity contribution in [3.8, 4) is 0 Å².